The molecular weight excluding hydrogens is 292 g/mol. The molecule has 84 valence electrons. The van der Waals surface area contributed by atoms with Crippen molar-refractivity contribution in [2.45, 2.75) is 12.5 Å². The van der Waals surface area contributed by atoms with Gasteiger partial charge in [0.25, 0.3) is 0 Å². The van der Waals surface area contributed by atoms with Crippen molar-refractivity contribution in [1.29, 1.82) is 0 Å². The average molecular weight is 298 g/mol. The first-order valence-electron chi connectivity index (χ1n) is 2.89. The Morgan fingerprint density at radius 2 is 1.29 bits per heavy atom. The van der Waals surface area contributed by atoms with E-state index in [9.17, 15) is 9.59 Å². The van der Waals surface area contributed by atoms with Gasteiger partial charge in [0.2, 0.25) is 0 Å². The summed E-state index contributed by atoms with van der Waals surface area (Å²) in [7, 11) is -5.39. The minimum atomic E-state index is -5.39. The van der Waals surface area contributed by atoms with Gasteiger partial charge >= 0.3 is 101 Å². The summed E-state index contributed by atoms with van der Waals surface area (Å²) in [6.07, 6.45) is -2.54. The summed E-state index contributed by atoms with van der Waals surface area (Å²) in [5, 5.41) is 24.1. The van der Waals surface area contributed by atoms with Crippen LogP contribution < -0.4 is 103 Å². The Bertz CT molecular complexity index is 244. The maximum absolute atomic E-state index is 9.72. The number of carboxylic acids is 2. The van der Waals surface area contributed by atoms with E-state index in [2.05, 4.69) is 0 Å². The quantitative estimate of drug-likeness (QED) is 0.336. The molecule has 0 radical (unpaired) electrons. The summed E-state index contributed by atoms with van der Waals surface area (Å²) >= 11 is 0. The molecule has 13 heteroatoms. The SMILES string of the molecule is O=C(O)CC(O)C(=O)O.O=P([O-])([O-])[O-].[Na+].[Na+].[Na+]. The maximum Gasteiger partial charge on any atom is 1.00 e. The summed E-state index contributed by atoms with van der Waals surface area (Å²) in [5.74, 6) is -2.85. The molecule has 0 rings (SSSR count). The van der Waals surface area contributed by atoms with Crippen LogP contribution in [0.5, 0.6) is 0 Å². The second-order valence-corrected chi connectivity index (χ2v) is 2.79. The smallest absolute Gasteiger partial charge is 0.822 e. The van der Waals surface area contributed by atoms with Crippen LogP contribution in [0.15, 0.2) is 0 Å². The second-order valence-electron chi connectivity index (χ2n) is 1.90. The predicted molar refractivity (Wildman–Crippen MR) is 33.5 cm³/mol. The van der Waals surface area contributed by atoms with E-state index in [1.807, 2.05) is 0 Å². The fraction of sp³-hybridized carbons (Fsp3) is 0.500. The Morgan fingerprint density at radius 1 is 1.06 bits per heavy atom. The van der Waals surface area contributed by atoms with Gasteiger partial charge in [-0.15, -0.1) is 0 Å². The Labute approximate surface area is 163 Å². The monoisotopic (exact) mass is 298 g/mol. The van der Waals surface area contributed by atoms with Crippen molar-refractivity contribution in [1.82, 2.24) is 0 Å². The van der Waals surface area contributed by atoms with Crippen LogP contribution in [0.2, 0.25) is 0 Å². The van der Waals surface area contributed by atoms with Gasteiger partial charge in [0, 0.05) is 0 Å². The van der Waals surface area contributed by atoms with E-state index in [-0.39, 0.29) is 88.7 Å². The fourth-order valence-corrected chi connectivity index (χ4v) is 0.253. The van der Waals surface area contributed by atoms with Crippen molar-refractivity contribution in [3.05, 3.63) is 0 Å². The van der Waals surface area contributed by atoms with Crippen molar-refractivity contribution in [3.63, 3.8) is 0 Å². The molecular formula is C4H6Na3O9P. The number of hydrogen-bond donors (Lipinski definition) is 3. The maximum atomic E-state index is 9.72. The van der Waals surface area contributed by atoms with Gasteiger partial charge in [-0.3, -0.25) is 4.79 Å². The van der Waals surface area contributed by atoms with Crippen molar-refractivity contribution < 1.29 is 133 Å². The first-order chi connectivity index (χ1) is 6.04. The third-order valence-electron chi connectivity index (χ3n) is 0.653. The molecule has 0 heterocycles. The molecule has 1 atom stereocenters. The minimum Gasteiger partial charge on any atom is -0.822 e. The number of carbonyl (C=O) groups is 2. The molecule has 0 saturated heterocycles. The summed E-state index contributed by atoms with van der Waals surface area (Å²) in [6, 6.07) is 0. The molecule has 0 spiro atoms. The zero-order valence-electron chi connectivity index (χ0n) is 9.52. The van der Waals surface area contributed by atoms with Gasteiger partial charge in [0.1, 0.15) is 0 Å². The number of phosphoric acid groups is 1. The zero-order valence-corrected chi connectivity index (χ0v) is 16.4. The van der Waals surface area contributed by atoms with E-state index in [0.717, 1.165) is 0 Å². The van der Waals surface area contributed by atoms with Gasteiger partial charge in [-0.25, -0.2) is 4.79 Å². The van der Waals surface area contributed by atoms with E-state index in [0.29, 0.717) is 0 Å². The normalized spacial score (nSPS) is 10.1. The average Bonchev–Trinajstić information content (AvgIpc) is 1.80. The number of aliphatic hydroxyl groups excluding tert-OH is 1. The van der Waals surface area contributed by atoms with E-state index in [1.165, 1.54) is 0 Å². The molecule has 0 aliphatic rings. The van der Waals surface area contributed by atoms with Crippen LogP contribution in [0.25, 0.3) is 0 Å². The van der Waals surface area contributed by atoms with Crippen molar-refractivity contribution in [3.8, 4) is 0 Å². The van der Waals surface area contributed by atoms with Gasteiger partial charge in [-0.2, -0.15) is 7.82 Å². The van der Waals surface area contributed by atoms with Crippen LogP contribution in [-0.4, -0.2) is 33.4 Å². The Balaban J connectivity index is -0.0000000533. The summed E-state index contributed by atoms with van der Waals surface area (Å²) in [6.45, 7) is 0. The second kappa shape index (κ2) is 16.1. The summed E-state index contributed by atoms with van der Waals surface area (Å²) in [4.78, 5) is 45.1. The van der Waals surface area contributed by atoms with Crippen LogP contribution in [0.3, 0.4) is 0 Å². The molecule has 0 aromatic carbocycles. The molecule has 0 saturated carbocycles. The summed E-state index contributed by atoms with van der Waals surface area (Å²) < 4.78 is 8.55. The van der Waals surface area contributed by atoms with Gasteiger partial charge in [0.05, 0.1) is 6.42 Å². The number of hydrogen-bond acceptors (Lipinski definition) is 7. The Kier molecular flexibility index (Phi) is 29.7. The van der Waals surface area contributed by atoms with Gasteiger partial charge in [-0.1, -0.05) is 0 Å². The molecule has 17 heavy (non-hydrogen) atoms. The first kappa shape index (κ1) is 31.4. The van der Waals surface area contributed by atoms with Gasteiger partial charge < -0.3 is 34.6 Å². The molecule has 0 aliphatic heterocycles. The fourth-order valence-electron chi connectivity index (χ4n) is 0.253. The number of aliphatic carboxylic acids is 2. The largest absolute Gasteiger partial charge is 1.00 e. The molecule has 0 aromatic heterocycles. The third kappa shape index (κ3) is 46.1. The number of aliphatic hydroxyl groups is 1. The predicted octanol–water partition coefficient (Wildman–Crippen LogP) is -12.9. The molecule has 0 aromatic rings. The molecule has 0 bridgehead atoms. The zero-order chi connectivity index (χ0) is 11.9. The van der Waals surface area contributed by atoms with Gasteiger partial charge in [0.15, 0.2) is 6.10 Å². The van der Waals surface area contributed by atoms with E-state index >= 15 is 0 Å². The number of rotatable bonds is 3. The van der Waals surface area contributed by atoms with Crippen LogP contribution >= 0.6 is 7.82 Å². The molecule has 1 unspecified atom stereocenters. The van der Waals surface area contributed by atoms with Crippen molar-refractivity contribution in [2.75, 3.05) is 0 Å². The minimum absolute atomic E-state index is 0. The van der Waals surface area contributed by atoms with Crippen LogP contribution in [-0.2, 0) is 14.2 Å². The topological polar surface area (TPSA) is 181 Å². The van der Waals surface area contributed by atoms with Crippen LogP contribution in [0, 0.1) is 0 Å². The first-order valence-corrected chi connectivity index (χ1v) is 4.36. The standard InChI is InChI=1S/C4H6O5.3Na.H3O4P/c5-2(4(8)9)1-3(6)7;;;;1-5(2,3)4/h2,5H,1H2,(H,6,7)(H,8,9);;;;(H3,1,2,3,4)/q;3*+1;/p-3. The third-order valence-corrected chi connectivity index (χ3v) is 0.653. The summed E-state index contributed by atoms with van der Waals surface area (Å²) in [5.41, 5.74) is 0. The molecule has 0 fully saturated rings. The number of carboxylic acid groups (broad SMARTS) is 2. The van der Waals surface area contributed by atoms with Crippen LogP contribution in [0.1, 0.15) is 6.42 Å². The Morgan fingerprint density at radius 3 is 1.35 bits per heavy atom. The molecule has 3 N–H and O–H groups in total. The van der Waals surface area contributed by atoms with E-state index < -0.39 is 32.3 Å². The van der Waals surface area contributed by atoms with Crippen molar-refractivity contribution >= 4 is 19.8 Å². The van der Waals surface area contributed by atoms with Crippen molar-refractivity contribution in [2.24, 2.45) is 0 Å². The van der Waals surface area contributed by atoms with Gasteiger partial charge in [-0.05, 0) is 0 Å². The molecule has 9 nitrogen and oxygen atoms in total. The van der Waals surface area contributed by atoms with E-state index in [1.54, 1.807) is 0 Å². The molecule has 0 aliphatic carbocycles. The molecule has 0 amide bonds. The Hall–Kier alpha value is 2.01. The van der Waals surface area contributed by atoms with Crippen LogP contribution in [0.4, 0.5) is 0 Å². The van der Waals surface area contributed by atoms with E-state index in [4.69, 9.17) is 34.6 Å².